The van der Waals surface area contributed by atoms with Gasteiger partial charge in [-0.3, -0.25) is 9.20 Å². The lowest BCUT2D eigenvalue weighted by molar-refractivity contribution is 0.187. The number of ether oxygens (including phenoxy) is 1. The fourth-order valence-corrected chi connectivity index (χ4v) is 3.50. The fourth-order valence-electron chi connectivity index (χ4n) is 3.50. The molecule has 0 aliphatic heterocycles. The van der Waals surface area contributed by atoms with Crippen LogP contribution >= 0.6 is 0 Å². The highest BCUT2D eigenvalue weighted by molar-refractivity contribution is 5.81. The van der Waals surface area contributed by atoms with E-state index in [1.165, 1.54) is 16.7 Å². The van der Waals surface area contributed by atoms with Gasteiger partial charge in [0.05, 0.1) is 29.5 Å². The van der Waals surface area contributed by atoms with Crippen LogP contribution in [-0.4, -0.2) is 42.7 Å². The summed E-state index contributed by atoms with van der Waals surface area (Å²) in [5.41, 5.74) is 2.26. The van der Waals surface area contributed by atoms with Crippen LogP contribution in [0.25, 0.3) is 22.4 Å². The number of methoxy groups -OCH3 is 1. The first-order valence-corrected chi connectivity index (χ1v) is 8.78. The summed E-state index contributed by atoms with van der Waals surface area (Å²) in [5, 5.41) is 8.16. The number of hydrogen-bond acceptors (Lipinski definition) is 5. The summed E-state index contributed by atoms with van der Waals surface area (Å²) in [7, 11) is 1.56. The van der Waals surface area contributed by atoms with Crippen LogP contribution in [0.5, 0.6) is 0 Å². The highest BCUT2D eigenvalue weighted by Gasteiger charge is 2.30. The maximum absolute atomic E-state index is 13.9. The number of hydrogen-bond donors (Lipinski definition) is 0. The number of nitrogens with zero attached hydrogens (tertiary/aromatic N) is 6. The van der Waals surface area contributed by atoms with Crippen LogP contribution in [0.3, 0.4) is 0 Å². The zero-order valence-electron chi connectivity index (χ0n) is 14.7. The molecule has 5 rings (SSSR count). The molecule has 3 heterocycles. The normalized spacial score (nSPS) is 14.4. The topological polar surface area (TPSA) is 79.2 Å². The lowest BCUT2D eigenvalue weighted by Gasteiger charge is -2.12. The molecule has 138 valence electrons. The second kappa shape index (κ2) is 5.98. The molecule has 0 saturated heterocycles. The predicted molar refractivity (Wildman–Crippen MR) is 95.7 cm³/mol. The molecule has 3 aromatic heterocycles. The zero-order valence-corrected chi connectivity index (χ0v) is 14.7. The van der Waals surface area contributed by atoms with Crippen molar-refractivity contribution in [3.05, 3.63) is 52.6 Å². The van der Waals surface area contributed by atoms with Crippen molar-refractivity contribution in [3.8, 4) is 5.82 Å². The molecule has 0 spiro atoms. The van der Waals surface area contributed by atoms with Gasteiger partial charge in [0.1, 0.15) is 12.1 Å². The van der Waals surface area contributed by atoms with E-state index < -0.39 is 5.82 Å². The Bertz CT molecular complexity index is 1220. The molecule has 1 aliphatic carbocycles. The van der Waals surface area contributed by atoms with Crippen molar-refractivity contribution >= 4 is 16.6 Å². The van der Waals surface area contributed by atoms with Gasteiger partial charge in [-0.15, -0.1) is 5.10 Å². The first kappa shape index (κ1) is 16.1. The van der Waals surface area contributed by atoms with Crippen molar-refractivity contribution in [3.63, 3.8) is 0 Å². The van der Waals surface area contributed by atoms with Crippen LogP contribution in [0.15, 0.2) is 35.5 Å². The Morgan fingerprint density at radius 2 is 2.15 bits per heavy atom. The summed E-state index contributed by atoms with van der Waals surface area (Å²) < 4.78 is 23.8. The van der Waals surface area contributed by atoms with E-state index in [4.69, 9.17) is 4.74 Å². The number of aromatic nitrogens is 6. The summed E-state index contributed by atoms with van der Waals surface area (Å²) in [6.45, 7) is 0.644. The largest absolute Gasteiger partial charge is 0.383 e. The van der Waals surface area contributed by atoms with Gasteiger partial charge >= 0.3 is 0 Å². The Balaban J connectivity index is 1.84. The summed E-state index contributed by atoms with van der Waals surface area (Å²) in [5.74, 6) is 0.443. The minimum absolute atomic E-state index is 0.269. The zero-order chi connectivity index (χ0) is 18.5. The molecule has 27 heavy (non-hydrogen) atoms. The third-order valence-electron chi connectivity index (χ3n) is 4.97. The van der Waals surface area contributed by atoms with Crippen molar-refractivity contribution in [1.82, 2.24) is 28.9 Å². The van der Waals surface area contributed by atoms with E-state index in [0.29, 0.717) is 41.4 Å². The maximum atomic E-state index is 13.9. The molecule has 9 heteroatoms. The standard InChI is InChI=1S/C18H17FN6O2/c1-27-7-6-23-14-8-12(19)4-5-13(14)24-10-20-17(16(24)18(23)26)25-15(9-21-22-25)11-2-3-11/h4-5,8-11H,2-3,6-7H2,1H3. The molecule has 1 saturated carbocycles. The van der Waals surface area contributed by atoms with E-state index >= 15 is 0 Å². The Labute approximate surface area is 152 Å². The highest BCUT2D eigenvalue weighted by Crippen LogP contribution is 2.40. The van der Waals surface area contributed by atoms with E-state index in [-0.39, 0.29) is 5.56 Å². The molecular weight excluding hydrogens is 351 g/mol. The van der Waals surface area contributed by atoms with Crippen molar-refractivity contribution in [2.45, 2.75) is 25.3 Å². The van der Waals surface area contributed by atoms with Crippen LogP contribution in [0, 0.1) is 5.82 Å². The van der Waals surface area contributed by atoms with Crippen molar-refractivity contribution in [2.75, 3.05) is 13.7 Å². The Morgan fingerprint density at radius 1 is 1.30 bits per heavy atom. The number of imidazole rings is 1. The Kier molecular flexibility index (Phi) is 3.57. The predicted octanol–water partition coefficient (Wildman–Crippen LogP) is 1.89. The highest BCUT2D eigenvalue weighted by atomic mass is 19.1. The SMILES string of the molecule is COCCn1c(=O)c2c(-n3nncc3C3CC3)ncn2c2ccc(F)cc21. The van der Waals surface area contributed by atoms with Gasteiger partial charge < -0.3 is 9.30 Å². The third kappa shape index (κ3) is 2.46. The summed E-state index contributed by atoms with van der Waals surface area (Å²) >= 11 is 0. The van der Waals surface area contributed by atoms with Crippen molar-refractivity contribution < 1.29 is 9.13 Å². The van der Waals surface area contributed by atoms with E-state index in [2.05, 4.69) is 15.3 Å². The number of fused-ring (bicyclic) bond motifs is 3. The molecular formula is C18H17FN6O2. The van der Waals surface area contributed by atoms with Gasteiger partial charge in [-0.2, -0.15) is 4.68 Å². The lowest BCUT2D eigenvalue weighted by Crippen LogP contribution is -2.25. The average Bonchev–Trinajstić information content (AvgIpc) is 3.22. The van der Waals surface area contributed by atoms with Gasteiger partial charge in [-0.05, 0) is 31.0 Å². The maximum Gasteiger partial charge on any atom is 0.279 e. The van der Waals surface area contributed by atoms with Crippen LogP contribution in [0.1, 0.15) is 24.5 Å². The molecule has 1 fully saturated rings. The van der Waals surface area contributed by atoms with Crippen molar-refractivity contribution in [1.29, 1.82) is 0 Å². The average molecular weight is 368 g/mol. The van der Waals surface area contributed by atoms with E-state index in [0.717, 1.165) is 18.5 Å². The number of halogens is 1. The van der Waals surface area contributed by atoms with Gasteiger partial charge in [0.25, 0.3) is 5.56 Å². The molecule has 0 N–H and O–H groups in total. The first-order chi connectivity index (χ1) is 13.2. The van der Waals surface area contributed by atoms with Crippen molar-refractivity contribution in [2.24, 2.45) is 0 Å². The van der Waals surface area contributed by atoms with Crippen LogP contribution < -0.4 is 5.56 Å². The molecule has 8 nitrogen and oxygen atoms in total. The smallest absolute Gasteiger partial charge is 0.279 e. The van der Waals surface area contributed by atoms with E-state index in [1.807, 2.05) is 0 Å². The van der Waals surface area contributed by atoms with Gasteiger partial charge in [-0.1, -0.05) is 5.21 Å². The molecule has 1 aliphatic rings. The molecule has 0 radical (unpaired) electrons. The van der Waals surface area contributed by atoms with Crippen LogP contribution in [0.2, 0.25) is 0 Å². The van der Waals surface area contributed by atoms with E-state index in [1.54, 1.807) is 34.8 Å². The van der Waals surface area contributed by atoms with Gasteiger partial charge in [0, 0.05) is 19.6 Å². The number of rotatable bonds is 5. The Hall–Kier alpha value is -3.07. The summed E-state index contributed by atoms with van der Waals surface area (Å²) in [6, 6.07) is 4.38. The van der Waals surface area contributed by atoms with Crippen LogP contribution in [-0.2, 0) is 11.3 Å². The second-order valence-corrected chi connectivity index (χ2v) is 6.71. The molecule has 1 aromatic carbocycles. The number of benzene rings is 1. The summed E-state index contributed by atoms with van der Waals surface area (Å²) in [4.78, 5) is 17.7. The van der Waals surface area contributed by atoms with Gasteiger partial charge in [-0.25, -0.2) is 9.37 Å². The molecule has 4 aromatic rings. The molecule has 0 bridgehead atoms. The first-order valence-electron chi connectivity index (χ1n) is 8.78. The van der Waals surface area contributed by atoms with Gasteiger partial charge in [0.2, 0.25) is 0 Å². The van der Waals surface area contributed by atoms with E-state index in [9.17, 15) is 9.18 Å². The van der Waals surface area contributed by atoms with Crippen LogP contribution in [0.4, 0.5) is 4.39 Å². The third-order valence-corrected chi connectivity index (χ3v) is 4.97. The molecule has 0 atom stereocenters. The monoisotopic (exact) mass is 368 g/mol. The molecule has 0 unspecified atom stereocenters. The molecule has 0 amide bonds. The quantitative estimate of drug-likeness (QED) is 0.538. The van der Waals surface area contributed by atoms with Gasteiger partial charge in [0.15, 0.2) is 11.3 Å². The summed E-state index contributed by atoms with van der Waals surface area (Å²) in [6.07, 6.45) is 5.47. The fraction of sp³-hybridized carbons (Fsp3) is 0.333. The minimum Gasteiger partial charge on any atom is -0.383 e. The minimum atomic E-state index is -0.403. The second-order valence-electron chi connectivity index (χ2n) is 6.71. The lowest BCUT2D eigenvalue weighted by atomic mass is 10.2. The Morgan fingerprint density at radius 3 is 2.93 bits per heavy atom.